The zero-order valence-corrected chi connectivity index (χ0v) is 18.2. The third-order valence-electron chi connectivity index (χ3n) is 5.47. The van der Waals surface area contributed by atoms with Gasteiger partial charge < -0.3 is 19.8 Å². The molecule has 184 valence electrons. The van der Waals surface area contributed by atoms with E-state index in [1.165, 1.54) is 12.1 Å². The monoisotopic (exact) mass is 506 g/mol. The predicted molar refractivity (Wildman–Crippen MR) is 106 cm³/mol. The summed E-state index contributed by atoms with van der Waals surface area (Å²) < 4.78 is 64.8. The number of carbonyl (C=O) groups is 2. The number of carbonyl (C=O) groups excluding carboxylic acids is 2. The normalized spacial score (nSPS) is 24.8. The third-order valence-corrected chi connectivity index (χ3v) is 5.78. The number of hydrogen-bond donors (Lipinski definition) is 2. The Morgan fingerprint density at radius 2 is 1.97 bits per heavy atom. The molecule has 2 aromatic rings. The Balaban J connectivity index is 1.22. The molecular formula is C20H19ClF4N4O5. The number of ether oxygens (including phenoxy) is 2. The molecular weight excluding hydrogens is 488 g/mol. The highest BCUT2D eigenvalue weighted by atomic mass is 35.5. The highest BCUT2D eigenvalue weighted by Crippen LogP contribution is 2.41. The van der Waals surface area contributed by atoms with Gasteiger partial charge in [0.05, 0.1) is 11.1 Å². The average Bonchev–Trinajstić information content (AvgIpc) is 3.21. The lowest BCUT2D eigenvalue weighted by Gasteiger charge is -2.33. The molecule has 2 amide bonds. The molecule has 2 heterocycles. The van der Waals surface area contributed by atoms with Crippen molar-refractivity contribution in [3.8, 4) is 5.75 Å². The molecule has 34 heavy (non-hydrogen) atoms. The van der Waals surface area contributed by atoms with Gasteiger partial charge in [-0.1, -0.05) is 11.6 Å². The SMILES string of the molecule is O=C(COc1ccc(Cl)c(F)c1)NC1CCC(c2nnc(C3CC(OC(F)(F)F)C3)o2)NC1=O. The lowest BCUT2D eigenvalue weighted by Crippen LogP contribution is -2.52. The number of rotatable bonds is 7. The molecule has 9 nitrogen and oxygen atoms in total. The molecule has 4 rings (SSSR count). The molecule has 1 saturated heterocycles. The van der Waals surface area contributed by atoms with Gasteiger partial charge >= 0.3 is 6.36 Å². The molecule has 1 saturated carbocycles. The van der Waals surface area contributed by atoms with Crippen LogP contribution in [0.25, 0.3) is 0 Å². The molecule has 14 heteroatoms. The van der Waals surface area contributed by atoms with Crippen LogP contribution in [0.1, 0.15) is 49.4 Å². The van der Waals surface area contributed by atoms with E-state index in [1.807, 2.05) is 0 Å². The highest BCUT2D eigenvalue weighted by molar-refractivity contribution is 6.30. The van der Waals surface area contributed by atoms with Crippen molar-refractivity contribution in [2.24, 2.45) is 0 Å². The smallest absolute Gasteiger partial charge is 0.484 e. The van der Waals surface area contributed by atoms with Crippen LogP contribution in [0.2, 0.25) is 5.02 Å². The Morgan fingerprint density at radius 3 is 2.65 bits per heavy atom. The van der Waals surface area contributed by atoms with Crippen molar-refractivity contribution in [2.75, 3.05) is 6.61 Å². The molecule has 2 aliphatic rings. The molecule has 0 spiro atoms. The minimum absolute atomic E-state index is 0.0778. The van der Waals surface area contributed by atoms with E-state index in [0.29, 0.717) is 6.42 Å². The van der Waals surface area contributed by atoms with Gasteiger partial charge in [0.15, 0.2) is 6.61 Å². The van der Waals surface area contributed by atoms with Crippen molar-refractivity contribution >= 4 is 23.4 Å². The first-order chi connectivity index (χ1) is 16.1. The van der Waals surface area contributed by atoms with Gasteiger partial charge in [0.25, 0.3) is 5.91 Å². The van der Waals surface area contributed by atoms with E-state index >= 15 is 0 Å². The second-order valence-corrected chi connectivity index (χ2v) is 8.36. The molecule has 1 aliphatic carbocycles. The number of halogens is 5. The first kappa shape index (κ1) is 24.2. The van der Waals surface area contributed by atoms with Crippen LogP contribution < -0.4 is 15.4 Å². The Morgan fingerprint density at radius 1 is 1.24 bits per heavy atom. The Bertz CT molecular complexity index is 1060. The number of aromatic nitrogens is 2. The fourth-order valence-electron chi connectivity index (χ4n) is 3.69. The summed E-state index contributed by atoms with van der Waals surface area (Å²) in [6.07, 6.45) is -4.75. The van der Waals surface area contributed by atoms with Gasteiger partial charge in [-0.3, -0.25) is 14.3 Å². The maximum atomic E-state index is 13.4. The Hall–Kier alpha value is -2.93. The predicted octanol–water partition coefficient (Wildman–Crippen LogP) is 3.16. The van der Waals surface area contributed by atoms with Crippen molar-refractivity contribution in [1.82, 2.24) is 20.8 Å². The number of amides is 2. The van der Waals surface area contributed by atoms with E-state index < -0.39 is 48.8 Å². The molecule has 1 aromatic carbocycles. The minimum atomic E-state index is -4.69. The van der Waals surface area contributed by atoms with Crippen molar-refractivity contribution < 1.29 is 41.0 Å². The quantitative estimate of drug-likeness (QED) is 0.554. The van der Waals surface area contributed by atoms with Gasteiger partial charge in [0, 0.05) is 12.0 Å². The van der Waals surface area contributed by atoms with Crippen LogP contribution in [-0.2, 0) is 14.3 Å². The topological polar surface area (TPSA) is 116 Å². The number of benzene rings is 1. The summed E-state index contributed by atoms with van der Waals surface area (Å²) in [7, 11) is 0. The number of nitrogens with zero attached hydrogens (tertiary/aromatic N) is 2. The largest absolute Gasteiger partial charge is 0.522 e. The zero-order valence-electron chi connectivity index (χ0n) is 17.4. The first-order valence-electron chi connectivity index (χ1n) is 10.3. The summed E-state index contributed by atoms with van der Waals surface area (Å²) in [5, 5.41) is 12.9. The van der Waals surface area contributed by atoms with Crippen molar-refractivity contribution in [3.05, 3.63) is 40.8 Å². The fourth-order valence-corrected chi connectivity index (χ4v) is 3.81. The van der Waals surface area contributed by atoms with Gasteiger partial charge in [-0.2, -0.15) is 0 Å². The van der Waals surface area contributed by atoms with E-state index in [1.54, 1.807) is 0 Å². The van der Waals surface area contributed by atoms with Crippen LogP contribution >= 0.6 is 11.6 Å². The van der Waals surface area contributed by atoms with Crippen molar-refractivity contribution in [3.63, 3.8) is 0 Å². The van der Waals surface area contributed by atoms with Gasteiger partial charge in [-0.05, 0) is 37.8 Å². The second kappa shape index (κ2) is 9.74. The van der Waals surface area contributed by atoms with E-state index in [-0.39, 0.29) is 47.7 Å². The first-order valence-corrected chi connectivity index (χ1v) is 10.7. The van der Waals surface area contributed by atoms with Crippen LogP contribution in [0.4, 0.5) is 17.6 Å². The molecule has 2 atom stereocenters. The van der Waals surface area contributed by atoms with E-state index in [9.17, 15) is 27.2 Å². The summed E-state index contributed by atoms with van der Waals surface area (Å²) >= 11 is 5.59. The van der Waals surface area contributed by atoms with Crippen molar-refractivity contribution in [2.45, 2.75) is 56.2 Å². The number of nitrogens with one attached hydrogen (secondary N) is 2. The maximum absolute atomic E-state index is 13.4. The van der Waals surface area contributed by atoms with E-state index in [0.717, 1.165) is 6.07 Å². The minimum Gasteiger partial charge on any atom is -0.484 e. The lowest BCUT2D eigenvalue weighted by atomic mass is 9.82. The van der Waals surface area contributed by atoms with Gasteiger partial charge in [-0.15, -0.1) is 23.4 Å². The molecule has 1 aliphatic heterocycles. The summed E-state index contributed by atoms with van der Waals surface area (Å²) in [5.41, 5.74) is 0. The molecule has 2 unspecified atom stereocenters. The highest BCUT2D eigenvalue weighted by Gasteiger charge is 2.43. The third kappa shape index (κ3) is 5.95. The van der Waals surface area contributed by atoms with Crippen LogP contribution in [0.5, 0.6) is 5.75 Å². The standard InChI is InChI=1S/C20H19ClF4N4O5/c21-12-2-1-10(7-13(12)22)32-8-16(30)26-14-3-4-15(27-17(14)31)19-29-28-18(33-19)9-5-11(6-9)34-20(23,24)25/h1-2,7,9,11,14-15H,3-6,8H2,(H,26,30)(H,27,31). The van der Waals surface area contributed by atoms with Crippen molar-refractivity contribution in [1.29, 1.82) is 0 Å². The second-order valence-electron chi connectivity index (χ2n) is 7.96. The van der Waals surface area contributed by atoms with Gasteiger partial charge in [0.1, 0.15) is 23.7 Å². The van der Waals surface area contributed by atoms with E-state index in [2.05, 4.69) is 25.6 Å². The summed E-state index contributed by atoms with van der Waals surface area (Å²) in [6, 6.07) is 2.34. The summed E-state index contributed by atoms with van der Waals surface area (Å²) in [4.78, 5) is 24.5. The van der Waals surface area contributed by atoms with E-state index in [4.69, 9.17) is 20.8 Å². The molecule has 2 fully saturated rings. The fraction of sp³-hybridized carbons (Fsp3) is 0.500. The van der Waals surface area contributed by atoms with Crippen LogP contribution in [0.3, 0.4) is 0 Å². The molecule has 0 radical (unpaired) electrons. The van der Waals surface area contributed by atoms with Crippen LogP contribution in [0.15, 0.2) is 22.6 Å². The summed E-state index contributed by atoms with van der Waals surface area (Å²) in [5.74, 6) is -1.62. The number of piperidine rings is 1. The number of hydrogen-bond acceptors (Lipinski definition) is 7. The van der Waals surface area contributed by atoms with Gasteiger partial charge in [0.2, 0.25) is 17.7 Å². The zero-order chi connectivity index (χ0) is 24.5. The summed E-state index contributed by atoms with van der Waals surface area (Å²) in [6.45, 7) is -0.429. The average molecular weight is 507 g/mol. The van der Waals surface area contributed by atoms with Crippen LogP contribution in [0, 0.1) is 5.82 Å². The Kier molecular flexibility index (Phi) is 6.94. The lowest BCUT2D eigenvalue weighted by molar-refractivity contribution is -0.352. The maximum Gasteiger partial charge on any atom is 0.522 e. The molecule has 2 N–H and O–H groups in total. The number of alkyl halides is 3. The van der Waals surface area contributed by atoms with Crippen LogP contribution in [-0.4, -0.2) is 47.1 Å². The molecule has 1 aromatic heterocycles. The van der Waals surface area contributed by atoms with Gasteiger partial charge in [-0.25, -0.2) is 4.39 Å². The Labute approximate surface area is 195 Å². The molecule has 0 bridgehead atoms.